The van der Waals surface area contributed by atoms with Gasteiger partial charge in [0.1, 0.15) is 0 Å². The number of nitrogens with zero attached hydrogens (tertiary/aromatic N) is 1. The van der Waals surface area contributed by atoms with Crippen molar-refractivity contribution < 1.29 is 9.72 Å². The molecular formula is C13H19N3O3. The SMILES string of the molecule is CCCC(NC(C)C(N)=O)c1cccc([N+](=O)[O-])c1. The molecule has 3 N–H and O–H groups in total. The molecule has 1 aromatic carbocycles. The average Bonchev–Trinajstić information content (AvgIpc) is 2.38. The smallest absolute Gasteiger partial charge is 0.269 e. The molecule has 1 amide bonds. The lowest BCUT2D eigenvalue weighted by atomic mass is 10.0. The van der Waals surface area contributed by atoms with Crippen molar-refractivity contribution in [3.63, 3.8) is 0 Å². The zero-order chi connectivity index (χ0) is 14.4. The van der Waals surface area contributed by atoms with Gasteiger partial charge >= 0.3 is 0 Å². The number of hydrogen-bond acceptors (Lipinski definition) is 4. The first-order valence-electron chi connectivity index (χ1n) is 6.25. The third-order valence-electron chi connectivity index (χ3n) is 2.94. The fourth-order valence-corrected chi connectivity index (χ4v) is 1.87. The minimum Gasteiger partial charge on any atom is -0.368 e. The van der Waals surface area contributed by atoms with Crippen molar-refractivity contribution in [1.82, 2.24) is 5.32 Å². The number of nitro groups is 1. The van der Waals surface area contributed by atoms with Gasteiger partial charge in [-0.3, -0.25) is 20.2 Å². The molecule has 0 aliphatic carbocycles. The van der Waals surface area contributed by atoms with Crippen LogP contribution in [-0.2, 0) is 4.79 Å². The highest BCUT2D eigenvalue weighted by atomic mass is 16.6. The maximum absolute atomic E-state index is 11.1. The Morgan fingerprint density at radius 1 is 1.53 bits per heavy atom. The van der Waals surface area contributed by atoms with Gasteiger partial charge in [-0.25, -0.2) is 0 Å². The number of carbonyl (C=O) groups excluding carboxylic acids is 1. The molecule has 0 saturated carbocycles. The third kappa shape index (κ3) is 4.33. The Bertz CT molecular complexity index is 462. The summed E-state index contributed by atoms with van der Waals surface area (Å²) in [5, 5.41) is 13.9. The molecular weight excluding hydrogens is 246 g/mol. The second-order valence-corrected chi connectivity index (χ2v) is 4.48. The van der Waals surface area contributed by atoms with E-state index in [1.165, 1.54) is 12.1 Å². The van der Waals surface area contributed by atoms with E-state index in [1.54, 1.807) is 13.0 Å². The molecule has 1 aromatic rings. The van der Waals surface area contributed by atoms with Crippen molar-refractivity contribution in [1.29, 1.82) is 0 Å². The minimum atomic E-state index is -0.476. The highest BCUT2D eigenvalue weighted by Crippen LogP contribution is 2.23. The highest BCUT2D eigenvalue weighted by molar-refractivity contribution is 5.79. The molecule has 0 fully saturated rings. The molecule has 2 atom stereocenters. The summed E-state index contributed by atoms with van der Waals surface area (Å²) in [6.07, 6.45) is 1.67. The van der Waals surface area contributed by atoms with E-state index >= 15 is 0 Å². The van der Waals surface area contributed by atoms with E-state index in [9.17, 15) is 14.9 Å². The summed E-state index contributed by atoms with van der Waals surface area (Å²) < 4.78 is 0. The van der Waals surface area contributed by atoms with Crippen LogP contribution in [0.1, 0.15) is 38.3 Å². The first-order valence-corrected chi connectivity index (χ1v) is 6.25. The van der Waals surface area contributed by atoms with E-state index in [2.05, 4.69) is 5.32 Å². The van der Waals surface area contributed by atoms with Crippen molar-refractivity contribution in [2.45, 2.75) is 38.8 Å². The zero-order valence-corrected chi connectivity index (χ0v) is 11.1. The molecule has 6 nitrogen and oxygen atoms in total. The summed E-state index contributed by atoms with van der Waals surface area (Å²) in [5.41, 5.74) is 6.07. The normalized spacial score (nSPS) is 13.8. The van der Waals surface area contributed by atoms with E-state index in [0.717, 1.165) is 18.4 Å². The van der Waals surface area contributed by atoms with Gasteiger partial charge in [0.15, 0.2) is 0 Å². The quantitative estimate of drug-likeness (QED) is 0.581. The number of non-ortho nitro benzene ring substituents is 1. The van der Waals surface area contributed by atoms with Crippen LogP contribution < -0.4 is 11.1 Å². The number of rotatable bonds is 7. The van der Waals surface area contributed by atoms with Crippen LogP contribution in [0.15, 0.2) is 24.3 Å². The van der Waals surface area contributed by atoms with Gasteiger partial charge in [-0.15, -0.1) is 0 Å². The minimum absolute atomic E-state index is 0.0483. The lowest BCUT2D eigenvalue weighted by Crippen LogP contribution is -2.40. The largest absolute Gasteiger partial charge is 0.368 e. The van der Waals surface area contributed by atoms with Gasteiger partial charge in [0.25, 0.3) is 5.69 Å². The molecule has 0 bridgehead atoms. The van der Waals surface area contributed by atoms with Gasteiger partial charge in [0.05, 0.1) is 11.0 Å². The van der Waals surface area contributed by atoms with Gasteiger partial charge in [-0.2, -0.15) is 0 Å². The lowest BCUT2D eigenvalue weighted by Gasteiger charge is -2.21. The van der Waals surface area contributed by atoms with Crippen LogP contribution in [0.5, 0.6) is 0 Å². The fraction of sp³-hybridized carbons (Fsp3) is 0.462. The lowest BCUT2D eigenvalue weighted by molar-refractivity contribution is -0.384. The standard InChI is InChI=1S/C13H19N3O3/c1-3-5-12(15-9(2)13(14)17)10-6-4-7-11(8-10)16(18)19/h4,6-9,12,15H,3,5H2,1-2H3,(H2,14,17). The highest BCUT2D eigenvalue weighted by Gasteiger charge is 2.18. The molecule has 19 heavy (non-hydrogen) atoms. The topological polar surface area (TPSA) is 98.3 Å². The summed E-state index contributed by atoms with van der Waals surface area (Å²) in [6, 6.07) is 5.84. The number of nitrogens with two attached hydrogens (primary N) is 1. The molecule has 1 rings (SSSR count). The molecule has 2 unspecified atom stereocenters. The Hall–Kier alpha value is -1.95. The number of hydrogen-bond donors (Lipinski definition) is 2. The number of carbonyl (C=O) groups is 1. The number of benzene rings is 1. The van der Waals surface area contributed by atoms with Crippen LogP contribution in [0.4, 0.5) is 5.69 Å². The van der Waals surface area contributed by atoms with Gasteiger partial charge in [0.2, 0.25) is 5.91 Å². The Morgan fingerprint density at radius 2 is 2.21 bits per heavy atom. The maximum Gasteiger partial charge on any atom is 0.269 e. The van der Waals surface area contributed by atoms with Gasteiger partial charge < -0.3 is 5.73 Å². The Balaban J connectivity index is 2.95. The number of nitro benzene ring substituents is 1. The summed E-state index contributed by atoms with van der Waals surface area (Å²) >= 11 is 0. The summed E-state index contributed by atoms with van der Waals surface area (Å²) in [4.78, 5) is 21.4. The molecule has 0 aromatic heterocycles. The van der Waals surface area contributed by atoms with E-state index < -0.39 is 16.9 Å². The Labute approximate surface area is 112 Å². The average molecular weight is 265 g/mol. The predicted octanol–water partition coefficient (Wildman–Crippen LogP) is 1.90. The van der Waals surface area contributed by atoms with Gasteiger partial charge in [0, 0.05) is 18.2 Å². The third-order valence-corrected chi connectivity index (χ3v) is 2.94. The van der Waals surface area contributed by atoms with Crippen molar-refractivity contribution in [3.05, 3.63) is 39.9 Å². The number of nitrogens with one attached hydrogen (secondary N) is 1. The molecule has 0 aliphatic heterocycles. The zero-order valence-electron chi connectivity index (χ0n) is 11.1. The maximum atomic E-state index is 11.1. The molecule has 0 heterocycles. The summed E-state index contributed by atoms with van der Waals surface area (Å²) in [6.45, 7) is 3.70. The Kier molecular flexibility index (Phi) is 5.44. The van der Waals surface area contributed by atoms with Crippen LogP contribution in [0.25, 0.3) is 0 Å². The van der Waals surface area contributed by atoms with E-state index in [4.69, 9.17) is 5.73 Å². The second kappa shape index (κ2) is 6.84. The second-order valence-electron chi connectivity index (χ2n) is 4.48. The predicted molar refractivity (Wildman–Crippen MR) is 72.5 cm³/mol. The summed E-state index contributed by atoms with van der Waals surface area (Å²) in [5.74, 6) is -0.438. The van der Waals surface area contributed by atoms with Crippen LogP contribution >= 0.6 is 0 Å². The van der Waals surface area contributed by atoms with Crippen LogP contribution in [0, 0.1) is 10.1 Å². The van der Waals surface area contributed by atoms with E-state index in [-0.39, 0.29) is 11.7 Å². The first-order chi connectivity index (χ1) is 8.95. The number of primary amides is 1. The van der Waals surface area contributed by atoms with Crippen molar-refractivity contribution in [3.8, 4) is 0 Å². The Morgan fingerprint density at radius 3 is 2.74 bits per heavy atom. The molecule has 0 saturated heterocycles. The van der Waals surface area contributed by atoms with E-state index in [0.29, 0.717) is 0 Å². The van der Waals surface area contributed by atoms with Crippen LogP contribution in [0.2, 0.25) is 0 Å². The number of amides is 1. The molecule has 104 valence electrons. The molecule has 6 heteroatoms. The molecule has 0 radical (unpaired) electrons. The van der Waals surface area contributed by atoms with E-state index in [1.807, 2.05) is 13.0 Å². The monoisotopic (exact) mass is 265 g/mol. The van der Waals surface area contributed by atoms with Crippen LogP contribution in [-0.4, -0.2) is 16.9 Å². The van der Waals surface area contributed by atoms with Crippen molar-refractivity contribution in [2.24, 2.45) is 5.73 Å². The van der Waals surface area contributed by atoms with Gasteiger partial charge in [-0.05, 0) is 18.9 Å². The summed E-state index contributed by atoms with van der Waals surface area (Å²) in [7, 11) is 0. The molecule has 0 aliphatic rings. The van der Waals surface area contributed by atoms with Crippen molar-refractivity contribution >= 4 is 11.6 Å². The van der Waals surface area contributed by atoms with Crippen LogP contribution in [0.3, 0.4) is 0 Å². The van der Waals surface area contributed by atoms with Crippen molar-refractivity contribution in [2.75, 3.05) is 0 Å². The fourth-order valence-electron chi connectivity index (χ4n) is 1.87. The van der Waals surface area contributed by atoms with Gasteiger partial charge in [-0.1, -0.05) is 25.5 Å². The molecule has 0 spiro atoms. The first kappa shape index (κ1) is 15.1.